The zero-order chi connectivity index (χ0) is 12.1. The van der Waals surface area contributed by atoms with Crippen LogP contribution in [-0.2, 0) is 4.79 Å². The fourth-order valence-electron chi connectivity index (χ4n) is 2.82. The second-order valence-corrected chi connectivity index (χ2v) is 6.56. The van der Waals surface area contributed by atoms with Gasteiger partial charge in [-0.05, 0) is 29.7 Å². The third-order valence-electron chi connectivity index (χ3n) is 4.62. The molecule has 1 heterocycles. The first-order chi connectivity index (χ1) is 7.36. The van der Waals surface area contributed by atoms with Crippen LogP contribution in [0.1, 0.15) is 27.7 Å². The molecule has 0 aromatic carbocycles. The van der Waals surface area contributed by atoms with E-state index >= 15 is 0 Å². The van der Waals surface area contributed by atoms with Crippen LogP contribution >= 0.6 is 0 Å². The molecule has 3 heteroatoms. The molecule has 1 saturated heterocycles. The molecule has 92 valence electrons. The van der Waals surface area contributed by atoms with E-state index < -0.39 is 0 Å². The van der Waals surface area contributed by atoms with E-state index in [1.807, 2.05) is 6.92 Å². The molecular weight excluding hydrogens is 200 g/mol. The Morgan fingerprint density at radius 3 is 2.25 bits per heavy atom. The van der Waals surface area contributed by atoms with Crippen molar-refractivity contribution in [2.45, 2.75) is 27.7 Å². The Bertz CT molecular complexity index is 283. The predicted octanol–water partition coefficient (Wildman–Crippen LogP) is 1.33. The highest BCUT2D eigenvalue weighted by Crippen LogP contribution is 2.51. The highest BCUT2D eigenvalue weighted by Gasteiger charge is 2.56. The van der Waals surface area contributed by atoms with Crippen LogP contribution in [0.5, 0.6) is 0 Å². The SMILES string of the molecule is CC(C(=O)N1CC2C(CN)C2C1)C(C)(C)C. The molecule has 1 amide bonds. The van der Waals surface area contributed by atoms with E-state index in [1.54, 1.807) is 0 Å². The van der Waals surface area contributed by atoms with Crippen LogP contribution in [0.15, 0.2) is 0 Å². The Balaban J connectivity index is 1.90. The van der Waals surface area contributed by atoms with E-state index in [4.69, 9.17) is 5.73 Å². The van der Waals surface area contributed by atoms with Crippen molar-refractivity contribution in [2.24, 2.45) is 34.8 Å². The number of hydrogen-bond acceptors (Lipinski definition) is 2. The lowest BCUT2D eigenvalue weighted by molar-refractivity contribution is -0.137. The monoisotopic (exact) mass is 224 g/mol. The molecule has 0 bridgehead atoms. The highest BCUT2D eigenvalue weighted by atomic mass is 16.2. The fourth-order valence-corrected chi connectivity index (χ4v) is 2.82. The van der Waals surface area contributed by atoms with Gasteiger partial charge in [0.1, 0.15) is 0 Å². The number of nitrogens with two attached hydrogens (primary N) is 1. The van der Waals surface area contributed by atoms with Gasteiger partial charge in [-0.3, -0.25) is 4.79 Å². The van der Waals surface area contributed by atoms with Gasteiger partial charge in [-0.1, -0.05) is 27.7 Å². The minimum Gasteiger partial charge on any atom is -0.342 e. The molecule has 3 nitrogen and oxygen atoms in total. The molecule has 2 fully saturated rings. The first kappa shape index (κ1) is 11.9. The molecule has 2 aliphatic rings. The predicted molar refractivity (Wildman–Crippen MR) is 64.7 cm³/mol. The molecule has 2 N–H and O–H groups in total. The van der Waals surface area contributed by atoms with Crippen LogP contribution in [0.2, 0.25) is 0 Å². The molecule has 16 heavy (non-hydrogen) atoms. The van der Waals surface area contributed by atoms with Crippen molar-refractivity contribution in [3.63, 3.8) is 0 Å². The Kier molecular flexibility index (Phi) is 2.77. The Morgan fingerprint density at radius 1 is 1.38 bits per heavy atom. The van der Waals surface area contributed by atoms with Crippen molar-refractivity contribution in [1.29, 1.82) is 0 Å². The zero-order valence-electron chi connectivity index (χ0n) is 10.9. The quantitative estimate of drug-likeness (QED) is 0.769. The third-order valence-corrected chi connectivity index (χ3v) is 4.62. The maximum Gasteiger partial charge on any atom is 0.225 e. The maximum atomic E-state index is 12.2. The van der Waals surface area contributed by atoms with Crippen molar-refractivity contribution < 1.29 is 4.79 Å². The second kappa shape index (κ2) is 3.73. The fraction of sp³-hybridized carbons (Fsp3) is 0.923. The standard InChI is InChI=1S/C13H24N2O/c1-8(13(2,3)4)12(16)15-6-10-9(5-14)11(10)7-15/h8-11H,5-7,14H2,1-4H3. The molecule has 3 unspecified atom stereocenters. The highest BCUT2D eigenvalue weighted by molar-refractivity contribution is 5.79. The van der Waals surface area contributed by atoms with Crippen molar-refractivity contribution in [2.75, 3.05) is 19.6 Å². The van der Waals surface area contributed by atoms with E-state index in [0.29, 0.717) is 23.7 Å². The minimum absolute atomic E-state index is 0.0666. The topological polar surface area (TPSA) is 46.3 Å². The molecule has 0 spiro atoms. The van der Waals surface area contributed by atoms with Crippen LogP contribution in [0, 0.1) is 29.1 Å². The number of hydrogen-bond donors (Lipinski definition) is 1. The number of piperidine rings is 1. The molecule has 0 aromatic heterocycles. The van der Waals surface area contributed by atoms with Crippen molar-refractivity contribution in [3.8, 4) is 0 Å². The average molecular weight is 224 g/mol. The normalized spacial score (nSPS) is 34.8. The van der Waals surface area contributed by atoms with Gasteiger partial charge in [0, 0.05) is 19.0 Å². The number of nitrogens with zero attached hydrogens (tertiary/aromatic N) is 1. The maximum absolute atomic E-state index is 12.2. The van der Waals surface area contributed by atoms with E-state index in [2.05, 4.69) is 25.7 Å². The van der Waals surface area contributed by atoms with E-state index in [-0.39, 0.29) is 11.3 Å². The lowest BCUT2D eigenvalue weighted by atomic mass is 9.81. The van der Waals surface area contributed by atoms with Crippen molar-refractivity contribution in [3.05, 3.63) is 0 Å². The van der Waals surface area contributed by atoms with E-state index in [0.717, 1.165) is 19.6 Å². The summed E-state index contributed by atoms with van der Waals surface area (Å²) in [6.45, 7) is 11.1. The summed E-state index contributed by atoms with van der Waals surface area (Å²) in [5.41, 5.74) is 5.74. The van der Waals surface area contributed by atoms with Crippen LogP contribution in [0.3, 0.4) is 0 Å². The van der Waals surface area contributed by atoms with Crippen LogP contribution in [0.4, 0.5) is 0 Å². The largest absolute Gasteiger partial charge is 0.342 e. The van der Waals surface area contributed by atoms with Crippen molar-refractivity contribution in [1.82, 2.24) is 4.90 Å². The summed E-state index contributed by atoms with van der Waals surface area (Å²) < 4.78 is 0. The Morgan fingerprint density at radius 2 is 1.88 bits per heavy atom. The summed E-state index contributed by atoms with van der Waals surface area (Å²) >= 11 is 0. The molecule has 2 rings (SSSR count). The molecule has 1 aliphatic heterocycles. The summed E-state index contributed by atoms with van der Waals surface area (Å²) in [6, 6.07) is 0. The lowest BCUT2D eigenvalue weighted by Crippen LogP contribution is -2.40. The number of fused-ring (bicyclic) bond motifs is 1. The van der Waals surface area contributed by atoms with Crippen LogP contribution in [-0.4, -0.2) is 30.4 Å². The van der Waals surface area contributed by atoms with Crippen LogP contribution in [0.25, 0.3) is 0 Å². The first-order valence-corrected chi connectivity index (χ1v) is 6.35. The third kappa shape index (κ3) is 1.86. The summed E-state index contributed by atoms with van der Waals surface area (Å²) in [5, 5.41) is 0. The summed E-state index contributed by atoms with van der Waals surface area (Å²) in [5.74, 6) is 2.56. The average Bonchev–Trinajstić information content (AvgIpc) is 2.67. The summed E-state index contributed by atoms with van der Waals surface area (Å²) in [4.78, 5) is 14.3. The van der Waals surface area contributed by atoms with Crippen LogP contribution < -0.4 is 5.73 Å². The summed E-state index contributed by atoms with van der Waals surface area (Å²) in [6.07, 6.45) is 0. The zero-order valence-corrected chi connectivity index (χ0v) is 10.9. The first-order valence-electron chi connectivity index (χ1n) is 6.35. The molecule has 1 aliphatic carbocycles. The Hall–Kier alpha value is -0.570. The number of carbonyl (C=O) groups excluding carboxylic acids is 1. The molecule has 0 aromatic rings. The number of likely N-dealkylation sites (tertiary alicyclic amines) is 1. The van der Waals surface area contributed by atoms with Gasteiger partial charge < -0.3 is 10.6 Å². The molecular formula is C13H24N2O. The lowest BCUT2D eigenvalue weighted by Gasteiger charge is -2.31. The number of rotatable bonds is 2. The van der Waals surface area contributed by atoms with Gasteiger partial charge in [0.25, 0.3) is 0 Å². The van der Waals surface area contributed by atoms with Gasteiger partial charge in [0.2, 0.25) is 5.91 Å². The van der Waals surface area contributed by atoms with Crippen molar-refractivity contribution >= 4 is 5.91 Å². The Labute approximate surface area is 98.4 Å². The molecule has 3 atom stereocenters. The minimum atomic E-state index is 0.0666. The second-order valence-electron chi connectivity index (χ2n) is 6.56. The summed E-state index contributed by atoms with van der Waals surface area (Å²) in [7, 11) is 0. The van der Waals surface area contributed by atoms with E-state index in [9.17, 15) is 4.79 Å². The number of amides is 1. The van der Waals surface area contributed by atoms with Gasteiger partial charge in [0.15, 0.2) is 0 Å². The van der Waals surface area contributed by atoms with E-state index in [1.165, 1.54) is 0 Å². The van der Waals surface area contributed by atoms with Gasteiger partial charge in [-0.15, -0.1) is 0 Å². The number of carbonyl (C=O) groups is 1. The van der Waals surface area contributed by atoms with Gasteiger partial charge in [-0.2, -0.15) is 0 Å². The van der Waals surface area contributed by atoms with Gasteiger partial charge in [0.05, 0.1) is 0 Å². The van der Waals surface area contributed by atoms with Gasteiger partial charge >= 0.3 is 0 Å². The van der Waals surface area contributed by atoms with Gasteiger partial charge in [-0.25, -0.2) is 0 Å². The molecule has 1 saturated carbocycles. The molecule has 0 radical (unpaired) electrons. The smallest absolute Gasteiger partial charge is 0.225 e.